The van der Waals surface area contributed by atoms with Gasteiger partial charge < -0.3 is 15.5 Å². The Morgan fingerprint density at radius 1 is 1.10 bits per heavy atom. The van der Waals surface area contributed by atoms with Gasteiger partial charge in [-0.3, -0.25) is 9.78 Å². The molecule has 156 valence electrons. The van der Waals surface area contributed by atoms with Gasteiger partial charge in [0.15, 0.2) is 0 Å². The Bertz CT molecular complexity index is 1180. The molecule has 2 aliphatic rings. The fourth-order valence-corrected chi connectivity index (χ4v) is 4.19. The van der Waals surface area contributed by atoms with Crippen LogP contribution in [0.1, 0.15) is 23.6 Å². The number of hydrogen-bond acceptors (Lipinski definition) is 4. The van der Waals surface area contributed by atoms with Gasteiger partial charge in [0.25, 0.3) is 5.91 Å². The van der Waals surface area contributed by atoms with Gasteiger partial charge in [-0.25, -0.2) is 8.78 Å². The van der Waals surface area contributed by atoms with Crippen LogP contribution in [0.5, 0.6) is 0 Å². The lowest BCUT2D eigenvalue weighted by atomic mass is 10.0. The quantitative estimate of drug-likeness (QED) is 0.600. The molecule has 2 aromatic carbocycles. The van der Waals surface area contributed by atoms with Crippen LogP contribution in [-0.2, 0) is 4.79 Å². The van der Waals surface area contributed by atoms with Crippen molar-refractivity contribution in [2.24, 2.45) is 0 Å². The fourth-order valence-electron chi connectivity index (χ4n) is 4.19. The maximum absolute atomic E-state index is 14.9. The molecular weight excluding hydrogens is 398 g/mol. The van der Waals surface area contributed by atoms with E-state index in [1.165, 1.54) is 24.4 Å². The molecule has 0 radical (unpaired) electrons. The second-order valence-corrected chi connectivity index (χ2v) is 7.67. The SMILES string of the molecule is O=C1Nc2cccc(F)c2/C1=C/Nc1ccc(N2CCC(c3ccccn3)C2)c(F)c1. The Balaban J connectivity index is 1.32. The van der Waals surface area contributed by atoms with Crippen LogP contribution in [0.3, 0.4) is 0 Å². The topological polar surface area (TPSA) is 57.3 Å². The largest absolute Gasteiger partial charge is 0.368 e. The zero-order valence-electron chi connectivity index (χ0n) is 16.6. The minimum atomic E-state index is -0.484. The molecule has 0 aliphatic carbocycles. The number of fused-ring (bicyclic) bond motifs is 1. The lowest BCUT2D eigenvalue weighted by Crippen LogP contribution is -2.20. The van der Waals surface area contributed by atoms with Crippen LogP contribution in [0, 0.1) is 11.6 Å². The van der Waals surface area contributed by atoms with E-state index in [1.54, 1.807) is 24.4 Å². The first-order valence-corrected chi connectivity index (χ1v) is 10.1. The number of benzene rings is 2. The molecule has 2 aliphatic heterocycles. The number of nitrogens with zero attached hydrogens (tertiary/aromatic N) is 2. The summed E-state index contributed by atoms with van der Waals surface area (Å²) in [5, 5.41) is 5.55. The van der Waals surface area contributed by atoms with E-state index in [-0.39, 0.29) is 22.9 Å². The number of amides is 1. The number of pyridine rings is 1. The highest BCUT2D eigenvalue weighted by Crippen LogP contribution is 2.35. The maximum Gasteiger partial charge on any atom is 0.257 e. The Labute approximate surface area is 178 Å². The van der Waals surface area contributed by atoms with Crippen molar-refractivity contribution in [1.82, 2.24) is 4.98 Å². The van der Waals surface area contributed by atoms with Crippen molar-refractivity contribution in [3.05, 3.63) is 89.9 Å². The van der Waals surface area contributed by atoms with E-state index in [0.717, 1.165) is 18.7 Å². The summed E-state index contributed by atoms with van der Waals surface area (Å²) < 4.78 is 29.0. The van der Waals surface area contributed by atoms with E-state index < -0.39 is 11.7 Å². The van der Waals surface area contributed by atoms with Gasteiger partial charge in [0.2, 0.25) is 0 Å². The third-order valence-electron chi connectivity index (χ3n) is 5.74. The molecule has 0 saturated carbocycles. The van der Waals surface area contributed by atoms with Crippen LogP contribution in [0.4, 0.5) is 25.8 Å². The Kier molecular flexibility index (Phi) is 4.86. The molecule has 3 aromatic rings. The number of anilines is 3. The van der Waals surface area contributed by atoms with E-state index in [9.17, 15) is 13.6 Å². The van der Waals surface area contributed by atoms with Gasteiger partial charge >= 0.3 is 0 Å². The predicted octanol–water partition coefficient (Wildman–Crippen LogP) is 4.76. The van der Waals surface area contributed by atoms with Gasteiger partial charge in [0.1, 0.15) is 11.6 Å². The molecule has 1 saturated heterocycles. The fraction of sp³-hybridized carbons (Fsp3) is 0.167. The van der Waals surface area contributed by atoms with Crippen LogP contribution in [-0.4, -0.2) is 24.0 Å². The molecule has 0 spiro atoms. The summed E-state index contributed by atoms with van der Waals surface area (Å²) in [5.74, 6) is -0.962. The third-order valence-corrected chi connectivity index (χ3v) is 5.74. The summed E-state index contributed by atoms with van der Waals surface area (Å²) in [4.78, 5) is 18.6. The van der Waals surface area contributed by atoms with Crippen LogP contribution in [0.25, 0.3) is 5.57 Å². The van der Waals surface area contributed by atoms with Gasteiger partial charge in [0, 0.05) is 48.3 Å². The first-order valence-electron chi connectivity index (χ1n) is 10.1. The molecule has 3 heterocycles. The van der Waals surface area contributed by atoms with Crippen molar-refractivity contribution < 1.29 is 13.6 Å². The predicted molar refractivity (Wildman–Crippen MR) is 117 cm³/mol. The van der Waals surface area contributed by atoms with Crippen LogP contribution < -0.4 is 15.5 Å². The van der Waals surface area contributed by atoms with Gasteiger partial charge in [-0.2, -0.15) is 0 Å². The molecule has 1 atom stereocenters. The summed E-state index contributed by atoms with van der Waals surface area (Å²) in [5.41, 5.74) is 2.86. The van der Waals surface area contributed by atoms with Crippen molar-refractivity contribution >= 4 is 28.5 Å². The van der Waals surface area contributed by atoms with Crippen molar-refractivity contribution in [3.63, 3.8) is 0 Å². The summed E-state index contributed by atoms with van der Waals surface area (Å²) in [7, 11) is 0. The minimum Gasteiger partial charge on any atom is -0.368 e. The Morgan fingerprint density at radius 3 is 2.81 bits per heavy atom. The van der Waals surface area contributed by atoms with Gasteiger partial charge in [-0.15, -0.1) is 0 Å². The summed E-state index contributed by atoms with van der Waals surface area (Å²) in [6.45, 7) is 1.46. The molecular formula is C24H20F2N4O. The molecule has 1 unspecified atom stereocenters. The number of carbonyl (C=O) groups excluding carboxylic acids is 1. The van der Waals surface area contributed by atoms with Crippen LogP contribution >= 0.6 is 0 Å². The van der Waals surface area contributed by atoms with Crippen molar-refractivity contribution in [2.75, 3.05) is 28.6 Å². The normalized spacial score (nSPS) is 18.9. The highest BCUT2D eigenvalue weighted by atomic mass is 19.1. The molecule has 5 nitrogen and oxygen atoms in total. The Hall–Kier alpha value is -3.74. The average Bonchev–Trinajstić information content (AvgIpc) is 3.38. The van der Waals surface area contributed by atoms with E-state index >= 15 is 0 Å². The van der Waals surface area contributed by atoms with E-state index in [4.69, 9.17) is 0 Å². The lowest BCUT2D eigenvalue weighted by Gasteiger charge is -2.20. The molecule has 5 rings (SSSR count). The number of hydrogen-bond donors (Lipinski definition) is 2. The maximum atomic E-state index is 14.9. The molecule has 2 N–H and O–H groups in total. The average molecular weight is 418 g/mol. The first kappa shape index (κ1) is 19.2. The van der Waals surface area contributed by atoms with Crippen LogP contribution in [0.2, 0.25) is 0 Å². The summed E-state index contributed by atoms with van der Waals surface area (Å²) in [6.07, 6.45) is 4.11. The molecule has 1 fully saturated rings. The second kappa shape index (κ2) is 7.83. The summed E-state index contributed by atoms with van der Waals surface area (Å²) in [6, 6.07) is 15.2. The first-order chi connectivity index (χ1) is 15.1. The highest BCUT2D eigenvalue weighted by molar-refractivity contribution is 6.31. The standard InChI is InChI=1S/C24H20F2N4O/c25-18-4-3-6-21-23(18)17(24(31)29-21)13-28-16-7-8-22(19(26)12-16)30-11-9-15(14-30)20-5-1-2-10-27-20/h1-8,10,12-13,15,28H,9,11,14H2,(H,29,31)/b17-13-. The molecule has 0 bridgehead atoms. The smallest absolute Gasteiger partial charge is 0.257 e. The van der Waals surface area contributed by atoms with E-state index in [0.29, 0.717) is 23.6 Å². The number of halogens is 2. The van der Waals surface area contributed by atoms with Gasteiger partial charge in [-0.05, 0) is 48.9 Å². The lowest BCUT2D eigenvalue weighted by molar-refractivity contribution is -0.110. The molecule has 1 amide bonds. The second-order valence-electron chi connectivity index (χ2n) is 7.67. The number of aromatic nitrogens is 1. The molecule has 7 heteroatoms. The summed E-state index contributed by atoms with van der Waals surface area (Å²) >= 11 is 0. The molecule has 1 aromatic heterocycles. The highest BCUT2D eigenvalue weighted by Gasteiger charge is 2.28. The number of rotatable bonds is 4. The number of carbonyl (C=O) groups is 1. The van der Waals surface area contributed by atoms with Crippen molar-refractivity contribution in [3.8, 4) is 0 Å². The van der Waals surface area contributed by atoms with Crippen molar-refractivity contribution in [2.45, 2.75) is 12.3 Å². The number of nitrogens with one attached hydrogen (secondary N) is 2. The molecule has 31 heavy (non-hydrogen) atoms. The van der Waals surface area contributed by atoms with E-state index in [1.807, 2.05) is 23.1 Å². The van der Waals surface area contributed by atoms with Gasteiger partial charge in [-0.1, -0.05) is 12.1 Å². The van der Waals surface area contributed by atoms with E-state index in [2.05, 4.69) is 15.6 Å². The van der Waals surface area contributed by atoms with Gasteiger partial charge in [0.05, 0.1) is 16.9 Å². The minimum absolute atomic E-state index is 0.176. The van der Waals surface area contributed by atoms with Crippen molar-refractivity contribution in [1.29, 1.82) is 0 Å². The Morgan fingerprint density at radius 2 is 2.00 bits per heavy atom. The third kappa shape index (κ3) is 3.63. The zero-order chi connectivity index (χ0) is 21.4. The monoisotopic (exact) mass is 418 g/mol. The van der Waals surface area contributed by atoms with Crippen LogP contribution in [0.15, 0.2) is 67.0 Å². The zero-order valence-corrected chi connectivity index (χ0v) is 16.6.